The fraction of sp³-hybridized carbons (Fsp3) is 0.250. The lowest BCUT2D eigenvalue weighted by molar-refractivity contribution is -0.275. The van der Waals surface area contributed by atoms with Crippen molar-refractivity contribution in [2.45, 2.75) is 25.9 Å². The number of rotatable bonds is 4. The Balaban J connectivity index is 1.58. The van der Waals surface area contributed by atoms with E-state index in [0.29, 0.717) is 47.8 Å². The number of aromatic amines is 1. The van der Waals surface area contributed by atoms with Crippen LogP contribution in [0.25, 0.3) is 11.5 Å². The van der Waals surface area contributed by atoms with Crippen LogP contribution in [0.3, 0.4) is 0 Å². The lowest BCUT2D eigenvalue weighted by Crippen LogP contribution is -2.35. The Bertz CT molecular complexity index is 1070. The van der Waals surface area contributed by atoms with Crippen LogP contribution < -0.4 is 10.3 Å². The van der Waals surface area contributed by atoms with E-state index in [4.69, 9.17) is 0 Å². The van der Waals surface area contributed by atoms with Crippen LogP contribution in [-0.2, 0) is 19.5 Å². The summed E-state index contributed by atoms with van der Waals surface area (Å²) in [6, 6.07) is 11.4. The number of nitrogens with zero attached hydrogens (tertiary/aromatic N) is 3. The monoisotopic (exact) mass is 402 g/mol. The van der Waals surface area contributed by atoms with Crippen LogP contribution in [0.5, 0.6) is 5.75 Å². The van der Waals surface area contributed by atoms with Gasteiger partial charge in [0.15, 0.2) is 5.82 Å². The second kappa shape index (κ2) is 7.67. The minimum absolute atomic E-state index is 0.212. The second-order valence-corrected chi connectivity index (χ2v) is 6.67. The van der Waals surface area contributed by atoms with E-state index in [0.717, 1.165) is 0 Å². The molecular weight excluding hydrogens is 385 g/mol. The molecule has 0 unspecified atom stereocenters. The Hall–Kier alpha value is -3.20. The van der Waals surface area contributed by atoms with Gasteiger partial charge in [-0.1, -0.05) is 24.3 Å². The molecule has 6 nitrogen and oxygen atoms in total. The number of para-hydroxylation sites is 1. The highest BCUT2D eigenvalue weighted by Gasteiger charge is 2.32. The summed E-state index contributed by atoms with van der Waals surface area (Å²) in [5, 5.41) is 0. The third-order valence-electron chi connectivity index (χ3n) is 4.65. The molecule has 0 radical (unpaired) electrons. The third kappa shape index (κ3) is 4.45. The number of aromatic nitrogens is 3. The zero-order valence-corrected chi connectivity index (χ0v) is 15.2. The highest BCUT2D eigenvalue weighted by Crippen LogP contribution is 2.28. The molecule has 0 atom stereocenters. The van der Waals surface area contributed by atoms with Crippen LogP contribution in [0.4, 0.5) is 13.2 Å². The lowest BCUT2D eigenvalue weighted by atomic mass is 10.1. The molecule has 0 amide bonds. The molecule has 0 bridgehead atoms. The summed E-state index contributed by atoms with van der Waals surface area (Å²) in [6.45, 7) is 1.12. The molecule has 0 fully saturated rings. The number of ether oxygens (including phenoxy) is 1. The summed E-state index contributed by atoms with van der Waals surface area (Å²) in [5.74, 6) is 0.149. The van der Waals surface area contributed by atoms with Gasteiger partial charge in [-0.05, 0) is 24.6 Å². The first kappa shape index (κ1) is 19.1. The highest BCUT2D eigenvalue weighted by atomic mass is 19.4. The van der Waals surface area contributed by atoms with Gasteiger partial charge in [-0.15, -0.1) is 13.2 Å². The van der Waals surface area contributed by atoms with Crippen LogP contribution >= 0.6 is 0 Å². The van der Waals surface area contributed by atoms with Crippen LogP contribution in [0, 0.1) is 0 Å². The molecule has 150 valence electrons. The summed E-state index contributed by atoms with van der Waals surface area (Å²) >= 11 is 0. The molecule has 3 aromatic rings. The van der Waals surface area contributed by atoms with Crippen LogP contribution in [0.2, 0.25) is 0 Å². The molecule has 0 saturated heterocycles. The standard InChI is InChI=1S/C20H17F3N4O2/c21-20(22,23)29-17-7-2-1-5-13(17)11-27-10-8-14-16(12-27)25-18(26-19(14)28)15-6-3-4-9-24-15/h1-7,9H,8,10-12H2,(H,25,26,28). The maximum atomic E-state index is 12.7. The fourth-order valence-electron chi connectivity index (χ4n) is 3.35. The Morgan fingerprint density at radius 2 is 1.93 bits per heavy atom. The summed E-state index contributed by atoms with van der Waals surface area (Å²) in [7, 11) is 0. The number of fused-ring (bicyclic) bond motifs is 1. The molecule has 0 spiro atoms. The summed E-state index contributed by atoms with van der Waals surface area (Å²) in [5.41, 5.74) is 1.96. The van der Waals surface area contributed by atoms with Crippen molar-refractivity contribution < 1.29 is 17.9 Å². The van der Waals surface area contributed by atoms with E-state index >= 15 is 0 Å². The van der Waals surface area contributed by atoms with Crippen molar-refractivity contribution in [1.29, 1.82) is 0 Å². The Morgan fingerprint density at radius 3 is 2.69 bits per heavy atom. The van der Waals surface area contributed by atoms with Crippen molar-refractivity contribution in [2.24, 2.45) is 0 Å². The lowest BCUT2D eigenvalue weighted by Gasteiger charge is -2.28. The molecule has 1 aliphatic heterocycles. The first-order valence-electron chi connectivity index (χ1n) is 8.98. The van der Waals surface area contributed by atoms with E-state index in [2.05, 4.69) is 19.7 Å². The molecule has 0 saturated carbocycles. The zero-order valence-electron chi connectivity index (χ0n) is 15.2. The molecule has 0 aliphatic carbocycles. The quantitative estimate of drug-likeness (QED) is 0.725. The van der Waals surface area contributed by atoms with Crippen LogP contribution in [0.1, 0.15) is 16.8 Å². The fourth-order valence-corrected chi connectivity index (χ4v) is 3.35. The predicted molar refractivity (Wildman–Crippen MR) is 99.0 cm³/mol. The Kier molecular flexibility index (Phi) is 5.06. The SMILES string of the molecule is O=c1[nH]c(-c2ccccn2)nc2c1CCN(Cc1ccccc1OC(F)(F)F)C2. The minimum Gasteiger partial charge on any atom is -0.405 e. The van der Waals surface area contributed by atoms with Crippen molar-refractivity contribution in [2.75, 3.05) is 6.54 Å². The number of halogens is 3. The first-order chi connectivity index (χ1) is 13.9. The van der Waals surface area contributed by atoms with Gasteiger partial charge in [-0.2, -0.15) is 0 Å². The number of alkyl halides is 3. The largest absolute Gasteiger partial charge is 0.573 e. The average Bonchev–Trinajstić information content (AvgIpc) is 2.69. The number of nitrogens with one attached hydrogen (secondary N) is 1. The summed E-state index contributed by atoms with van der Waals surface area (Å²) in [6.07, 6.45) is -2.68. The third-order valence-corrected chi connectivity index (χ3v) is 4.65. The van der Waals surface area contributed by atoms with E-state index in [-0.39, 0.29) is 17.9 Å². The van der Waals surface area contributed by atoms with Crippen molar-refractivity contribution in [1.82, 2.24) is 19.9 Å². The van der Waals surface area contributed by atoms with E-state index in [1.54, 1.807) is 36.5 Å². The number of H-pyrrole nitrogens is 1. The van der Waals surface area contributed by atoms with Gasteiger partial charge in [-0.3, -0.25) is 14.7 Å². The zero-order chi connectivity index (χ0) is 20.4. The Labute approximate surface area is 164 Å². The van der Waals surface area contributed by atoms with Gasteiger partial charge < -0.3 is 9.72 Å². The van der Waals surface area contributed by atoms with Crippen LogP contribution in [-0.4, -0.2) is 32.8 Å². The number of benzene rings is 1. The van der Waals surface area contributed by atoms with Gasteiger partial charge in [-0.25, -0.2) is 4.98 Å². The summed E-state index contributed by atoms with van der Waals surface area (Å²) < 4.78 is 42.1. The molecule has 1 aliphatic rings. The summed E-state index contributed by atoms with van der Waals surface area (Å²) in [4.78, 5) is 25.9. The van der Waals surface area contributed by atoms with Crippen molar-refractivity contribution in [3.63, 3.8) is 0 Å². The second-order valence-electron chi connectivity index (χ2n) is 6.67. The molecular formula is C20H17F3N4O2. The normalized spacial score (nSPS) is 14.4. The van der Waals surface area contributed by atoms with Gasteiger partial charge in [0.1, 0.15) is 11.4 Å². The van der Waals surface area contributed by atoms with Gasteiger partial charge in [0.2, 0.25) is 0 Å². The minimum atomic E-state index is -4.75. The maximum absolute atomic E-state index is 12.7. The van der Waals surface area contributed by atoms with E-state index in [9.17, 15) is 18.0 Å². The van der Waals surface area contributed by atoms with Gasteiger partial charge in [0.25, 0.3) is 5.56 Å². The molecule has 4 rings (SSSR count). The van der Waals surface area contributed by atoms with E-state index in [1.807, 2.05) is 4.90 Å². The van der Waals surface area contributed by atoms with Crippen molar-refractivity contribution >= 4 is 0 Å². The molecule has 3 heterocycles. The molecule has 1 N–H and O–H groups in total. The maximum Gasteiger partial charge on any atom is 0.573 e. The van der Waals surface area contributed by atoms with E-state index < -0.39 is 6.36 Å². The van der Waals surface area contributed by atoms with E-state index in [1.165, 1.54) is 12.1 Å². The molecule has 2 aromatic heterocycles. The number of pyridine rings is 1. The van der Waals surface area contributed by atoms with Gasteiger partial charge in [0, 0.05) is 37.0 Å². The average molecular weight is 402 g/mol. The first-order valence-corrected chi connectivity index (χ1v) is 8.98. The highest BCUT2D eigenvalue weighted by molar-refractivity contribution is 5.49. The molecule has 1 aromatic carbocycles. The number of hydrogen-bond donors (Lipinski definition) is 1. The smallest absolute Gasteiger partial charge is 0.405 e. The van der Waals surface area contributed by atoms with Crippen molar-refractivity contribution in [3.8, 4) is 17.3 Å². The Morgan fingerprint density at radius 1 is 1.14 bits per heavy atom. The number of hydrogen-bond acceptors (Lipinski definition) is 5. The predicted octanol–water partition coefficient (Wildman–Crippen LogP) is 3.29. The van der Waals surface area contributed by atoms with Crippen LogP contribution in [0.15, 0.2) is 53.5 Å². The molecule has 29 heavy (non-hydrogen) atoms. The topological polar surface area (TPSA) is 71.1 Å². The molecule has 9 heteroatoms. The van der Waals surface area contributed by atoms with Gasteiger partial charge >= 0.3 is 6.36 Å². The van der Waals surface area contributed by atoms with Crippen molar-refractivity contribution in [3.05, 3.63) is 75.8 Å². The van der Waals surface area contributed by atoms with Gasteiger partial charge in [0.05, 0.1) is 5.69 Å².